The van der Waals surface area contributed by atoms with Gasteiger partial charge >= 0.3 is 0 Å². The van der Waals surface area contributed by atoms with Crippen LogP contribution in [0.1, 0.15) is 18.3 Å². The maximum Gasteiger partial charge on any atom is 0.275 e. The van der Waals surface area contributed by atoms with Gasteiger partial charge in [0.1, 0.15) is 30.2 Å². The molecule has 0 aliphatic carbocycles. The highest BCUT2D eigenvalue weighted by Crippen LogP contribution is 2.39. The molecular formula is C22H16ClFN10O2. The zero-order valence-electron chi connectivity index (χ0n) is 18.3. The Morgan fingerprint density at radius 2 is 2.03 bits per heavy atom. The number of pyridine rings is 1. The van der Waals surface area contributed by atoms with Crippen LogP contribution in [0.3, 0.4) is 0 Å². The molecule has 36 heavy (non-hydrogen) atoms. The highest BCUT2D eigenvalue weighted by Gasteiger charge is 2.44. The second-order valence-corrected chi connectivity index (χ2v) is 8.58. The van der Waals surface area contributed by atoms with Crippen molar-refractivity contribution >= 4 is 34.9 Å². The van der Waals surface area contributed by atoms with Crippen LogP contribution in [0, 0.1) is 5.95 Å². The molecule has 12 nitrogen and oxygen atoms in total. The molecule has 1 fully saturated rings. The quantitative estimate of drug-likeness (QED) is 0.399. The molecule has 0 radical (unpaired) electrons. The van der Waals surface area contributed by atoms with Gasteiger partial charge < -0.3 is 10.7 Å². The van der Waals surface area contributed by atoms with Crippen molar-refractivity contribution in [3.63, 3.8) is 0 Å². The summed E-state index contributed by atoms with van der Waals surface area (Å²) in [6, 6.07) is 7.32. The van der Waals surface area contributed by atoms with Crippen molar-refractivity contribution < 1.29 is 14.0 Å². The number of rotatable bonds is 4. The number of carbonyl (C=O) groups excluding carboxylic acids is 2. The summed E-state index contributed by atoms with van der Waals surface area (Å²) in [6.45, 7) is -0.230. The Balaban J connectivity index is 1.31. The molecule has 3 N–H and O–H groups in total. The molecule has 0 saturated carbocycles. The first kappa shape index (κ1) is 21.9. The minimum absolute atomic E-state index is 0.0607. The number of nitrogens with zero attached hydrogens (tertiary/aromatic N) is 8. The zero-order valence-corrected chi connectivity index (χ0v) is 19.1. The van der Waals surface area contributed by atoms with Crippen LogP contribution in [0.5, 0.6) is 0 Å². The first-order valence-corrected chi connectivity index (χ1v) is 11.1. The lowest BCUT2D eigenvalue weighted by molar-refractivity contribution is -0.135. The number of H-pyrrole nitrogens is 1. The SMILES string of the molecule is Nc1ccc(-c2cnc(C3CC=C4C(=O)N(c5cc(Cl)ccc5-n5cnnn5)CC(=O)N43)[nH]2)c(F)n1. The van der Waals surface area contributed by atoms with Crippen molar-refractivity contribution in [2.75, 3.05) is 17.2 Å². The highest BCUT2D eigenvalue weighted by molar-refractivity contribution is 6.31. The van der Waals surface area contributed by atoms with Gasteiger partial charge in [-0.3, -0.25) is 19.4 Å². The summed E-state index contributed by atoms with van der Waals surface area (Å²) in [5.41, 5.74) is 7.20. The van der Waals surface area contributed by atoms with Crippen molar-refractivity contribution in [2.45, 2.75) is 12.5 Å². The molecule has 6 rings (SSSR count). The van der Waals surface area contributed by atoms with Gasteiger partial charge in [-0.15, -0.1) is 5.10 Å². The fraction of sp³-hybridized carbons (Fsp3) is 0.136. The van der Waals surface area contributed by atoms with E-state index in [4.69, 9.17) is 17.3 Å². The molecule has 5 heterocycles. The van der Waals surface area contributed by atoms with Crippen molar-refractivity contribution in [3.8, 4) is 16.9 Å². The second-order valence-electron chi connectivity index (χ2n) is 8.14. The van der Waals surface area contributed by atoms with Crippen LogP contribution in [-0.4, -0.2) is 58.4 Å². The van der Waals surface area contributed by atoms with Gasteiger partial charge in [0, 0.05) is 5.02 Å². The predicted molar refractivity (Wildman–Crippen MR) is 125 cm³/mol. The first-order valence-electron chi connectivity index (χ1n) is 10.7. The summed E-state index contributed by atoms with van der Waals surface area (Å²) in [7, 11) is 0. The van der Waals surface area contributed by atoms with E-state index in [-0.39, 0.29) is 35.4 Å². The molecule has 2 aliphatic rings. The van der Waals surface area contributed by atoms with Gasteiger partial charge in [-0.25, -0.2) is 9.97 Å². The van der Waals surface area contributed by atoms with E-state index in [1.54, 1.807) is 24.3 Å². The minimum Gasteiger partial charge on any atom is -0.384 e. The number of halogens is 2. The number of nitrogens with two attached hydrogens (primary N) is 1. The molecule has 14 heteroatoms. The molecule has 2 aliphatic heterocycles. The van der Waals surface area contributed by atoms with Crippen molar-refractivity contribution in [2.24, 2.45) is 0 Å². The van der Waals surface area contributed by atoms with E-state index in [1.165, 1.54) is 39.1 Å². The second kappa shape index (κ2) is 8.23. The molecule has 2 amide bonds. The molecule has 1 unspecified atom stereocenters. The molecule has 1 aromatic carbocycles. The van der Waals surface area contributed by atoms with Gasteiger partial charge in [0.05, 0.1) is 34.9 Å². The van der Waals surface area contributed by atoms with Crippen molar-refractivity contribution in [1.29, 1.82) is 0 Å². The number of tetrazole rings is 1. The number of nitrogens with one attached hydrogen (secondary N) is 1. The Bertz CT molecular complexity index is 1550. The number of imidazole rings is 1. The number of aromatic amines is 1. The number of amides is 2. The normalized spacial score (nSPS) is 17.5. The maximum atomic E-state index is 14.3. The van der Waals surface area contributed by atoms with Crippen LogP contribution in [0.4, 0.5) is 15.9 Å². The highest BCUT2D eigenvalue weighted by atomic mass is 35.5. The van der Waals surface area contributed by atoms with Crippen LogP contribution in [0.25, 0.3) is 16.9 Å². The van der Waals surface area contributed by atoms with Gasteiger partial charge in [-0.1, -0.05) is 17.7 Å². The molecule has 1 atom stereocenters. The van der Waals surface area contributed by atoms with Crippen LogP contribution < -0.4 is 10.6 Å². The van der Waals surface area contributed by atoms with Crippen LogP contribution >= 0.6 is 11.6 Å². The number of piperazine rings is 1. The Labute approximate surface area is 207 Å². The number of anilines is 2. The minimum atomic E-state index is -0.741. The number of benzene rings is 1. The largest absolute Gasteiger partial charge is 0.384 e. The standard InChI is InChI=1S/C22H16ClFN10O2/c23-11-1-3-14(33-10-27-30-31-33)17(7-11)32-9-19(35)34-15(4-5-16(34)22(32)36)21-26-8-13(28-21)12-2-6-18(25)29-20(12)24/h1-3,5-8,10,15H,4,9H2,(H2,25,29)(H,26,28). The number of nitrogen functional groups attached to an aromatic ring is 1. The molecule has 0 spiro atoms. The Morgan fingerprint density at radius 1 is 1.17 bits per heavy atom. The lowest BCUT2D eigenvalue weighted by atomic mass is 10.1. The molecule has 4 aromatic rings. The third kappa shape index (κ3) is 3.48. The number of aromatic nitrogens is 7. The molecule has 180 valence electrons. The molecule has 0 bridgehead atoms. The van der Waals surface area contributed by atoms with E-state index in [0.717, 1.165) is 0 Å². The monoisotopic (exact) mass is 506 g/mol. The lowest BCUT2D eigenvalue weighted by Crippen LogP contribution is -2.52. The summed E-state index contributed by atoms with van der Waals surface area (Å²) in [5.74, 6) is -0.960. The van der Waals surface area contributed by atoms with Gasteiger partial charge in [-0.05, 0) is 47.2 Å². The van der Waals surface area contributed by atoms with Crippen molar-refractivity contribution in [3.05, 3.63) is 71.4 Å². The fourth-order valence-electron chi connectivity index (χ4n) is 4.41. The maximum absolute atomic E-state index is 14.3. The van der Waals surface area contributed by atoms with E-state index >= 15 is 0 Å². The van der Waals surface area contributed by atoms with Gasteiger partial charge in [-0.2, -0.15) is 9.07 Å². The third-order valence-corrected chi connectivity index (χ3v) is 6.26. The molecule has 3 aromatic heterocycles. The summed E-state index contributed by atoms with van der Waals surface area (Å²) >= 11 is 6.21. The fourth-order valence-corrected chi connectivity index (χ4v) is 4.58. The summed E-state index contributed by atoms with van der Waals surface area (Å²) in [4.78, 5) is 40.6. The van der Waals surface area contributed by atoms with Crippen LogP contribution in [-0.2, 0) is 9.59 Å². The number of hydrogen-bond donors (Lipinski definition) is 2. The average molecular weight is 507 g/mol. The van der Waals surface area contributed by atoms with Gasteiger partial charge in [0.2, 0.25) is 11.9 Å². The van der Waals surface area contributed by atoms with Gasteiger partial charge in [0.15, 0.2) is 0 Å². The summed E-state index contributed by atoms with van der Waals surface area (Å²) in [5, 5.41) is 11.5. The average Bonchev–Trinajstić information content (AvgIpc) is 3.62. The van der Waals surface area contributed by atoms with E-state index in [2.05, 4.69) is 30.5 Å². The number of hydrogen-bond acceptors (Lipinski definition) is 8. The van der Waals surface area contributed by atoms with E-state index in [9.17, 15) is 14.0 Å². The van der Waals surface area contributed by atoms with Crippen LogP contribution in [0.15, 0.2) is 54.6 Å². The zero-order chi connectivity index (χ0) is 25.0. The Hall–Kier alpha value is -4.65. The smallest absolute Gasteiger partial charge is 0.275 e. The van der Waals surface area contributed by atoms with E-state index < -0.39 is 12.0 Å². The van der Waals surface area contributed by atoms with E-state index in [0.29, 0.717) is 34.3 Å². The first-order chi connectivity index (χ1) is 17.4. The van der Waals surface area contributed by atoms with E-state index in [1.807, 2.05) is 0 Å². The Kier molecular flexibility index (Phi) is 5.00. The predicted octanol–water partition coefficient (Wildman–Crippen LogP) is 2.03. The summed E-state index contributed by atoms with van der Waals surface area (Å²) < 4.78 is 15.7. The Morgan fingerprint density at radius 3 is 2.81 bits per heavy atom. The molecule has 1 saturated heterocycles. The van der Waals surface area contributed by atoms with Crippen LogP contribution in [0.2, 0.25) is 5.02 Å². The van der Waals surface area contributed by atoms with Crippen molar-refractivity contribution in [1.82, 2.24) is 40.1 Å². The summed E-state index contributed by atoms with van der Waals surface area (Å²) in [6.07, 6.45) is 4.88. The lowest BCUT2D eigenvalue weighted by Gasteiger charge is -2.36. The molecular weight excluding hydrogens is 491 g/mol. The number of fused-ring (bicyclic) bond motifs is 1. The third-order valence-electron chi connectivity index (χ3n) is 6.03. The van der Waals surface area contributed by atoms with Gasteiger partial charge in [0.25, 0.3) is 5.91 Å². The topological polar surface area (TPSA) is 152 Å². The number of carbonyl (C=O) groups is 2.